The van der Waals surface area contributed by atoms with Gasteiger partial charge in [-0.3, -0.25) is 15.1 Å². The second kappa shape index (κ2) is 10.8. The molecule has 5 heteroatoms. The van der Waals surface area contributed by atoms with E-state index in [-0.39, 0.29) is 5.92 Å². The van der Waals surface area contributed by atoms with Gasteiger partial charge in [-0.1, -0.05) is 32.6 Å². The summed E-state index contributed by atoms with van der Waals surface area (Å²) in [5.74, 6) is 1.44. The maximum atomic E-state index is 13.0. The zero-order chi connectivity index (χ0) is 19.1. The molecule has 2 N–H and O–H groups in total. The first-order chi connectivity index (χ1) is 13.2. The van der Waals surface area contributed by atoms with E-state index >= 15 is 0 Å². The van der Waals surface area contributed by atoms with Crippen molar-refractivity contribution in [2.24, 2.45) is 11.8 Å². The molecule has 3 rings (SSSR count). The molecule has 0 spiro atoms. The number of unbranched alkanes of at least 4 members (excludes halogenated alkanes) is 1. The van der Waals surface area contributed by atoms with Gasteiger partial charge in [0.15, 0.2) is 0 Å². The minimum atomic E-state index is 0.188. The summed E-state index contributed by atoms with van der Waals surface area (Å²) in [6.45, 7) is 8.14. The Balaban J connectivity index is 1.47. The van der Waals surface area contributed by atoms with Crippen LogP contribution in [0.1, 0.15) is 84.5 Å². The Kier molecular flexibility index (Phi) is 8.41. The third-order valence-corrected chi connectivity index (χ3v) is 7.12. The van der Waals surface area contributed by atoms with E-state index in [2.05, 4.69) is 34.5 Å². The van der Waals surface area contributed by atoms with E-state index in [9.17, 15) is 4.79 Å². The van der Waals surface area contributed by atoms with Gasteiger partial charge in [0.1, 0.15) is 0 Å². The summed E-state index contributed by atoms with van der Waals surface area (Å²) in [6.07, 6.45) is 14.4. The molecule has 1 amide bonds. The molecule has 3 unspecified atom stereocenters. The van der Waals surface area contributed by atoms with Crippen LogP contribution in [0.3, 0.4) is 0 Å². The molecular weight excluding hydrogens is 336 g/mol. The standard InChI is InChI=1S/C22H42N4O/c1-3-5-15-25(4-2)22(27)19-12-9-16-26(17-19)21-14-13-20(23-24-21)18-10-7-6-8-11-18/h18-21,23-24H,3-17H2,1-2H3. The molecule has 0 radical (unpaired) electrons. The molecule has 0 aromatic heterocycles. The monoisotopic (exact) mass is 378 g/mol. The Labute approximate surface area is 166 Å². The van der Waals surface area contributed by atoms with Crippen molar-refractivity contribution in [2.45, 2.75) is 96.7 Å². The molecule has 2 saturated heterocycles. The van der Waals surface area contributed by atoms with Crippen LogP contribution in [0.2, 0.25) is 0 Å². The van der Waals surface area contributed by atoms with Gasteiger partial charge < -0.3 is 4.90 Å². The maximum absolute atomic E-state index is 13.0. The Morgan fingerprint density at radius 2 is 1.81 bits per heavy atom. The van der Waals surface area contributed by atoms with Crippen LogP contribution in [-0.4, -0.2) is 54.1 Å². The van der Waals surface area contributed by atoms with Gasteiger partial charge in [-0.05, 0) is 64.3 Å². The van der Waals surface area contributed by atoms with Crippen molar-refractivity contribution >= 4 is 5.91 Å². The van der Waals surface area contributed by atoms with Crippen LogP contribution >= 0.6 is 0 Å². The lowest BCUT2D eigenvalue weighted by Crippen LogP contribution is -2.62. The third kappa shape index (κ3) is 5.68. The zero-order valence-electron chi connectivity index (χ0n) is 17.7. The predicted molar refractivity (Wildman–Crippen MR) is 111 cm³/mol. The summed E-state index contributed by atoms with van der Waals surface area (Å²) >= 11 is 0. The van der Waals surface area contributed by atoms with Gasteiger partial charge in [-0.2, -0.15) is 0 Å². The lowest BCUT2D eigenvalue weighted by Gasteiger charge is -2.44. The topological polar surface area (TPSA) is 47.6 Å². The summed E-state index contributed by atoms with van der Waals surface area (Å²) in [6, 6.07) is 0.647. The Morgan fingerprint density at radius 3 is 2.48 bits per heavy atom. The van der Waals surface area contributed by atoms with Crippen molar-refractivity contribution in [3.05, 3.63) is 0 Å². The number of piperidine rings is 1. The van der Waals surface area contributed by atoms with Crippen LogP contribution in [0.15, 0.2) is 0 Å². The molecule has 3 fully saturated rings. The molecule has 5 nitrogen and oxygen atoms in total. The van der Waals surface area contributed by atoms with E-state index < -0.39 is 0 Å². The van der Waals surface area contributed by atoms with Gasteiger partial charge in [0.05, 0.1) is 12.1 Å². The fraction of sp³-hybridized carbons (Fsp3) is 0.955. The van der Waals surface area contributed by atoms with Crippen molar-refractivity contribution in [2.75, 3.05) is 26.2 Å². The largest absolute Gasteiger partial charge is 0.343 e. The van der Waals surface area contributed by atoms with Crippen molar-refractivity contribution in [1.82, 2.24) is 20.7 Å². The van der Waals surface area contributed by atoms with E-state index in [4.69, 9.17) is 0 Å². The van der Waals surface area contributed by atoms with Crippen LogP contribution in [0.25, 0.3) is 0 Å². The van der Waals surface area contributed by atoms with Gasteiger partial charge in [-0.15, -0.1) is 0 Å². The van der Waals surface area contributed by atoms with E-state index in [0.29, 0.717) is 18.1 Å². The second-order valence-electron chi connectivity index (χ2n) is 8.99. The first-order valence-corrected chi connectivity index (χ1v) is 11.8. The van der Waals surface area contributed by atoms with Crippen LogP contribution in [-0.2, 0) is 4.79 Å². The third-order valence-electron chi connectivity index (χ3n) is 7.12. The van der Waals surface area contributed by atoms with Gasteiger partial charge in [0, 0.05) is 25.7 Å². The molecule has 3 atom stereocenters. The minimum absolute atomic E-state index is 0.188. The number of amides is 1. The Bertz CT molecular complexity index is 444. The fourth-order valence-corrected chi connectivity index (χ4v) is 5.37. The summed E-state index contributed by atoms with van der Waals surface area (Å²) < 4.78 is 0. The molecule has 0 bridgehead atoms. The number of hydrogen-bond acceptors (Lipinski definition) is 4. The second-order valence-corrected chi connectivity index (χ2v) is 8.99. The molecular formula is C22H42N4O. The van der Waals surface area contributed by atoms with E-state index in [1.165, 1.54) is 44.9 Å². The van der Waals surface area contributed by atoms with Gasteiger partial charge in [-0.25, -0.2) is 5.43 Å². The Morgan fingerprint density at radius 1 is 1.00 bits per heavy atom. The number of likely N-dealkylation sites (tertiary alicyclic amines) is 1. The number of rotatable bonds is 7. The number of carbonyl (C=O) groups is 1. The first kappa shape index (κ1) is 21.1. The van der Waals surface area contributed by atoms with Crippen LogP contribution in [0.5, 0.6) is 0 Å². The zero-order valence-corrected chi connectivity index (χ0v) is 17.7. The smallest absolute Gasteiger partial charge is 0.226 e. The van der Waals surface area contributed by atoms with Crippen LogP contribution in [0, 0.1) is 11.8 Å². The normalized spacial score (nSPS) is 31.0. The molecule has 3 aliphatic rings. The van der Waals surface area contributed by atoms with Crippen LogP contribution in [0.4, 0.5) is 0 Å². The highest BCUT2D eigenvalue weighted by atomic mass is 16.2. The summed E-state index contributed by atoms with van der Waals surface area (Å²) in [4.78, 5) is 17.6. The molecule has 1 saturated carbocycles. The molecule has 2 heterocycles. The van der Waals surface area contributed by atoms with Gasteiger partial charge in [0.2, 0.25) is 5.91 Å². The fourth-order valence-electron chi connectivity index (χ4n) is 5.37. The van der Waals surface area contributed by atoms with Crippen molar-refractivity contribution in [1.29, 1.82) is 0 Å². The molecule has 0 aromatic carbocycles. The lowest BCUT2D eigenvalue weighted by atomic mass is 9.81. The van der Waals surface area contributed by atoms with E-state index in [1.54, 1.807) is 0 Å². The summed E-state index contributed by atoms with van der Waals surface area (Å²) in [7, 11) is 0. The highest BCUT2D eigenvalue weighted by molar-refractivity contribution is 5.79. The molecule has 2 aliphatic heterocycles. The average Bonchev–Trinajstić information content (AvgIpc) is 2.75. The lowest BCUT2D eigenvalue weighted by molar-refractivity contribution is -0.138. The number of nitrogens with zero attached hydrogens (tertiary/aromatic N) is 2. The minimum Gasteiger partial charge on any atom is -0.343 e. The maximum Gasteiger partial charge on any atom is 0.226 e. The predicted octanol–water partition coefficient (Wildman–Crippen LogP) is 3.51. The van der Waals surface area contributed by atoms with Crippen LogP contribution < -0.4 is 10.9 Å². The van der Waals surface area contributed by atoms with Crippen molar-refractivity contribution < 1.29 is 4.79 Å². The highest BCUT2D eigenvalue weighted by Crippen LogP contribution is 2.30. The summed E-state index contributed by atoms with van der Waals surface area (Å²) in [5.41, 5.74) is 7.28. The SMILES string of the molecule is CCCCN(CC)C(=O)C1CCCN(C2CCC(C3CCCCC3)NN2)C1. The number of carbonyl (C=O) groups excluding carboxylic acids is 1. The Hall–Kier alpha value is -0.650. The molecule has 1 aliphatic carbocycles. The number of hydrogen-bond donors (Lipinski definition) is 2. The molecule has 156 valence electrons. The number of nitrogens with one attached hydrogen (secondary N) is 2. The highest BCUT2D eigenvalue weighted by Gasteiger charge is 2.34. The quantitative estimate of drug-likeness (QED) is 0.712. The van der Waals surface area contributed by atoms with E-state index in [0.717, 1.165) is 57.8 Å². The first-order valence-electron chi connectivity index (χ1n) is 11.8. The molecule has 27 heavy (non-hydrogen) atoms. The van der Waals surface area contributed by atoms with Crippen molar-refractivity contribution in [3.63, 3.8) is 0 Å². The van der Waals surface area contributed by atoms with Crippen molar-refractivity contribution in [3.8, 4) is 0 Å². The van der Waals surface area contributed by atoms with E-state index in [1.807, 2.05) is 0 Å². The summed E-state index contributed by atoms with van der Waals surface area (Å²) in [5, 5.41) is 0. The molecule has 0 aromatic rings. The number of hydrazine groups is 1. The van der Waals surface area contributed by atoms with Gasteiger partial charge >= 0.3 is 0 Å². The van der Waals surface area contributed by atoms with Gasteiger partial charge in [0.25, 0.3) is 0 Å². The average molecular weight is 379 g/mol.